The quantitative estimate of drug-likeness (QED) is 0.855. The molecule has 2 aromatic carbocycles. The molecule has 0 spiro atoms. The maximum absolute atomic E-state index is 13.7. The number of aliphatic hydroxyl groups is 1. The van der Waals surface area contributed by atoms with Gasteiger partial charge in [0.05, 0.1) is 6.10 Å². The lowest BCUT2D eigenvalue weighted by atomic mass is 10.0. The average Bonchev–Trinajstić information content (AvgIpc) is 3.04. The number of rotatable bonds is 6. The molecule has 3 rings (SSSR count). The van der Waals surface area contributed by atoms with Crippen LogP contribution in [0.15, 0.2) is 54.6 Å². The smallest absolute Gasteiger partial charge is 0.417 e. The monoisotopic (exact) mass is 357 g/mol. The molecule has 2 aromatic rings. The van der Waals surface area contributed by atoms with Crippen molar-refractivity contribution in [2.75, 3.05) is 6.61 Å². The predicted octanol–water partition coefficient (Wildman–Crippen LogP) is 3.75. The highest BCUT2D eigenvalue weighted by Crippen LogP contribution is 2.29. The maximum Gasteiger partial charge on any atom is 0.417 e. The molecule has 0 unspecified atom stereocenters. The molecule has 0 radical (unpaired) electrons. The number of hydrogen-bond donors (Lipinski definition) is 1. The highest BCUT2D eigenvalue weighted by molar-refractivity contribution is 5.93. The maximum atomic E-state index is 13.7. The molecule has 1 fully saturated rings. The second-order valence-corrected chi connectivity index (χ2v) is 6.20. The number of cyclic esters (lactones) is 1. The number of aliphatic hydroxyl groups excluding tert-OH is 1. The van der Waals surface area contributed by atoms with Gasteiger partial charge >= 0.3 is 6.09 Å². The molecule has 1 aliphatic rings. The van der Waals surface area contributed by atoms with Crippen LogP contribution in [0.2, 0.25) is 0 Å². The molecule has 1 heterocycles. The fraction of sp³-hybridized carbons (Fsp3) is 0.300. The molecular weight excluding hydrogens is 337 g/mol. The Morgan fingerprint density at radius 1 is 1.19 bits per heavy atom. The minimum absolute atomic E-state index is 0.0734. The van der Waals surface area contributed by atoms with Gasteiger partial charge in [0.15, 0.2) is 0 Å². The van der Waals surface area contributed by atoms with E-state index < -0.39 is 24.1 Å². The molecule has 1 saturated heterocycles. The molecule has 26 heavy (non-hydrogen) atoms. The predicted molar refractivity (Wildman–Crippen MR) is 92.6 cm³/mol. The molecule has 0 aromatic heterocycles. The number of carbonyl (C=O) groups excluding carboxylic acids is 2. The van der Waals surface area contributed by atoms with Gasteiger partial charge in [0.25, 0.3) is 0 Å². The zero-order valence-electron chi connectivity index (χ0n) is 14.2. The molecule has 0 saturated carbocycles. The van der Waals surface area contributed by atoms with Crippen molar-refractivity contribution in [3.63, 3.8) is 0 Å². The topological polar surface area (TPSA) is 66.8 Å². The number of halogens is 1. The first-order valence-electron chi connectivity index (χ1n) is 8.54. The van der Waals surface area contributed by atoms with Gasteiger partial charge in [-0.2, -0.15) is 0 Å². The number of imide groups is 1. The SMILES string of the molecule is O=C(CCC[C@H](O)c1ccccc1F)N1C(=O)OC[C@@H]1c1ccccc1. The summed E-state index contributed by atoms with van der Waals surface area (Å²) in [6, 6.07) is 14.8. The molecule has 1 N–H and O–H groups in total. The van der Waals surface area contributed by atoms with E-state index in [0.717, 1.165) is 10.5 Å². The van der Waals surface area contributed by atoms with Gasteiger partial charge in [-0.05, 0) is 24.5 Å². The van der Waals surface area contributed by atoms with E-state index in [-0.39, 0.29) is 30.9 Å². The summed E-state index contributed by atoms with van der Waals surface area (Å²) in [5.41, 5.74) is 1.04. The van der Waals surface area contributed by atoms with Gasteiger partial charge in [-0.1, -0.05) is 48.5 Å². The second-order valence-electron chi connectivity index (χ2n) is 6.20. The van der Waals surface area contributed by atoms with Crippen molar-refractivity contribution in [1.29, 1.82) is 0 Å². The van der Waals surface area contributed by atoms with Crippen molar-refractivity contribution < 1.29 is 23.8 Å². The van der Waals surface area contributed by atoms with E-state index in [9.17, 15) is 19.1 Å². The molecule has 5 nitrogen and oxygen atoms in total. The van der Waals surface area contributed by atoms with Crippen LogP contribution in [-0.2, 0) is 9.53 Å². The first-order valence-corrected chi connectivity index (χ1v) is 8.54. The van der Waals surface area contributed by atoms with Crippen LogP contribution in [0.4, 0.5) is 9.18 Å². The number of hydrogen-bond acceptors (Lipinski definition) is 4. The largest absolute Gasteiger partial charge is 0.446 e. The number of nitrogens with zero attached hydrogens (tertiary/aromatic N) is 1. The molecular formula is C20H20FNO4. The van der Waals surface area contributed by atoms with E-state index in [0.29, 0.717) is 6.42 Å². The lowest BCUT2D eigenvalue weighted by Crippen LogP contribution is -2.34. The van der Waals surface area contributed by atoms with Gasteiger partial charge in [-0.3, -0.25) is 4.79 Å². The average molecular weight is 357 g/mol. The van der Waals surface area contributed by atoms with Crippen LogP contribution in [0.1, 0.15) is 42.5 Å². The third kappa shape index (κ3) is 3.91. The summed E-state index contributed by atoms with van der Waals surface area (Å²) < 4.78 is 18.7. The molecule has 2 amide bonds. The summed E-state index contributed by atoms with van der Waals surface area (Å²) in [5, 5.41) is 10.1. The van der Waals surface area contributed by atoms with Gasteiger partial charge in [0.2, 0.25) is 5.91 Å². The summed E-state index contributed by atoms with van der Waals surface area (Å²) in [7, 11) is 0. The Morgan fingerprint density at radius 3 is 2.62 bits per heavy atom. The van der Waals surface area contributed by atoms with E-state index in [1.54, 1.807) is 12.1 Å². The van der Waals surface area contributed by atoms with E-state index in [4.69, 9.17) is 4.74 Å². The van der Waals surface area contributed by atoms with Crippen molar-refractivity contribution in [1.82, 2.24) is 4.90 Å². The number of amides is 2. The standard InChI is InChI=1S/C20H20FNO4/c21-16-10-5-4-9-15(16)18(23)11-6-12-19(24)22-17(13-26-20(22)25)14-7-2-1-3-8-14/h1-5,7-10,17-18,23H,6,11-13H2/t17-,18+/m1/s1. The zero-order chi connectivity index (χ0) is 18.5. The van der Waals surface area contributed by atoms with Gasteiger partial charge in [-0.15, -0.1) is 0 Å². The first-order chi connectivity index (χ1) is 12.6. The van der Waals surface area contributed by atoms with E-state index in [1.807, 2.05) is 30.3 Å². The van der Waals surface area contributed by atoms with Gasteiger partial charge < -0.3 is 9.84 Å². The van der Waals surface area contributed by atoms with Crippen molar-refractivity contribution >= 4 is 12.0 Å². The van der Waals surface area contributed by atoms with Crippen LogP contribution in [0.25, 0.3) is 0 Å². The van der Waals surface area contributed by atoms with Crippen LogP contribution >= 0.6 is 0 Å². The fourth-order valence-electron chi connectivity index (χ4n) is 3.09. The lowest BCUT2D eigenvalue weighted by Gasteiger charge is -2.20. The van der Waals surface area contributed by atoms with Crippen LogP contribution in [-0.4, -0.2) is 28.6 Å². The van der Waals surface area contributed by atoms with Gasteiger partial charge in [-0.25, -0.2) is 14.1 Å². The highest BCUT2D eigenvalue weighted by atomic mass is 19.1. The third-order valence-corrected chi connectivity index (χ3v) is 4.46. The zero-order valence-corrected chi connectivity index (χ0v) is 14.2. The Morgan fingerprint density at radius 2 is 1.88 bits per heavy atom. The Hall–Kier alpha value is -2.73. The van der Waals surface area contributed by atoms with Crippen molar-refractivity contribution in [2.24, 2.45) is 0 Å². The Kier molecular flexibility index (Phi) is 5.63. The highest BCUT2D eigenvalue weighted by Gasteiger charge is 2.38. The molecule has 1 aliphatic heterocycles. The first kappa shape index (κ1) is 18.1. The minimum atomic E-state index is -0.987. The molecule has 2 atom stereocenters. The van der Waals surface area contributed by atoms with Crippen molar-refractivity contribution in [2.45, 2.75) is 31.4 Å². The molecule has 0 bridgehead atoms. The Balaban J connectivity index is 1.58. The molecule has 136 valence electrons. The molecule has 6 heteroatoms. The van der Waals surface area contributed by atoms with Crippen LogP contribution in [0.3, 0.4) is 0 Å². The van der Waals surface area contributed by atoms with Gasteiger partial charge in [0, 0.05) is 12.0 Å². The lowest BCUT2D eigenvalue weighted by molar-refractivity contribution is -0.129. The van der Waals surface area contributed by atoms with E-state index in [1.165, 1.54) is 12.1 Å². The number of ether oxygens (including phenoxy) is 1. The Bertz CT molecular complexity index is 780. The van der Waals surface area contributed by atoms with Crippen LogP contribution in [0.5, 0.6) is 0 Å². The number of carbonyl (C=O) groups is 2. The minimum Gasteiger partial charge on any atom is -0.446 e. The summed E-state index contributed by atoms with van der Waals surface area (Å²) in [4.78, 5) is 25.6. The van der Waals surface area contributed by atoms with Gasteiger partial charge in [0.1, 0.15) is 18.5 Å². The van der Waals surface area contributed by atoms with Crippen molar-refractivity contribution in [3.05, 3.63) is 71.5 Å². The summed E-state index contributed by atoms with van der Waals surface area (Å²) in [6.07, 6.45) is -1.01. The second kappa shape index (κ2) is 8.10. The normalized spacial score (nSPS) is 17.8. The third-order valence-electron chi connectivity index (χ3n) is 4.46. The molecule has 0 aliphatic carbocycles. The van der Waals surface area contributed by atoms with Crippen molar-refractivity contribution in [3.8, 4) is 0 Å². The Labute approximate surface area is 151 Å². The van der Waals surface area contributed by atoms with Crippen LogP contribution < -0.4 is 0 Å². The summed E-state index contributed by atoms with van der Waals surface area (Å²) in [6.45, 7) is 0.131. The number of benzene rings is 2. The van der Waals surface area contributed by atoms with E-state index >= 15 is 0 Å². The van der Waals surface area contributed by atoms with Crippen LogP contribution in [0, 0.1) is 5.82 Å². The van der Waals surface area contributed by atoms with E-state index in [2.05, 4.69) is 0 Å². The fourth-order valence-corrected chi connectivity index (χ4v) is 3.09. The summed E-state index contributed by atoms with van der Waals surface area (Å²) >= 11 is 0. The summed E-state index contributed by atoms with van der Waals surface area (Å²) in [5.74, 6) is -0.833.